The number of halogens is 1. The van der Waals surface area contributed by atoms with Gasteiger partial charge in [-0.2, -0.15) is 0 Å². The molecule has 104 valence electrons. The van der Waals surface area contributed by atoms with E-state index in [1.165, 1.54) is 25.7 Å². The van der Waals surface area contributed by atoms with Gasteiger partial charge in [-0.1, -0.05) is 25.4 Å². The molecule has 3 rings (SSSR count). The summed E-state index contributed by atoms with van der Waals surface area (Å²) < 4.78 is 0. The molecule has 1 aromatic rings. The molecule has 2 fully saturated rings. The van der Waals surface area contributed by atoms with Crippen molar-refractivity contribution in [2.45, 2.75) is 45.4 Å². The zero-order valence-corrected chi connectivity index (χ0v) is 12.5. The molecule has 4 heteroatoms. The summed E-state index contributed by atoms with van der Waals surface area (Å²) >= 11 is 6.16. The highest BCUT2D eigenvalue weighted by Crippen LogP contribution is 2.35. The third-order valence-electron chi connectivity index (χ3n) is 3.89. The lowest BCUT2D eigenvalue weighted by atomic mass is 10.2. The average molecular weight is 280 g/mol. The fourth-order valence-electron chi connectivity index (χ4n) is 2.33. The lowest BCUT2D eigenvalue weighted by molar-refractivity contribution is 0.663. The largest absolute Gasteiger partial charge is 0.356 e. The van der Waals surface area contributed by atoms with Gasteiger partial charge < -0.3 is 4.90 Å². The fraction of sp³-hybridized carbons (Fsp3) is 0.733. The van der Waals surface area contributed by atoms with E-state index >= 15 is 0 Å². The van der Waals surface area contributed by atoms with Gasteiger partial charge in [0, 0.05) is 25.1 Å². The maximum Gasteiger partial charge on any atom is 0.135 e. The summed E-state index contributed by atoms with van der Waals surface area (Å²) in [5, 5.41) is 0.574. The fourth-order valence-corrected chi connectivity index (χ4v) is 2.51. The summed E-state index contributed by atoms with van der Waals surface area (Å²) in [4.78, 5) is 11.5. The highest BCUT2D eigenvalue weighted by atomic mass is 35.5. The molecule has 0 amide bonds. The molecule has 2 saturated carbocycles. The highest BCUT2D eigenvalue weighted by Gasteiger charge is 2.30. The van der Waals surface area contributed by atoms with Gasteiger partial charge in [-0.05, 0) is 37.5 Å². The monoisotopic (exact) mass is 279 g/mol. The minimum Gasteiger partial charge on any atom is -0.356 e. The van der Waals surface area contributed by atoms with Gasteiger partial charge in [-0.15, -0.1) is 0 Å². The van der Waals surface area contributed by atoms with Crippen LogP contribution in [0.2, 0.25) is 5.15 Å². The Morgan fingerprint density at radius 2 is 1.74 bits per heavy atom. The lowest BCUT2D eigenvalue weighted by Gasteiger charge is -2.24. The van der Waals surface area contributed by atoms with Gasteiger partial charge in [0.1, 0.15) is 16.8 Å². The van der Waals surface area contributed by atoms with Gasteiger partial charge >= 0.3 is 0 Å². The molecule has 3 nitrogen and oxygen atoms in total. The van der Waals surface area contributed by atoms with E-state index in [4.69, 9.17) is 16.6 Å². The summed E-state index contributed by atoms with van der Waals surface area (Å²) in [5.74, 6) is 3.95. The van der Waals surface area contributed by atoms with Crippen LogP contribution in [0.1, 0.15) is 51.3 Å². The second kappa shape index (κ2) is 5.28. The Morgan fingerprint density at radius 3 is 2.21 bits per heavy atom. The smallest absolute Gasteiger partial charge is 0.135 e. The van der Waals surface area contributed by atoms with Crippen LogP contribution in [0.3, 0.4) is 0 Å². The molecular weight excluding hydrogens is 258 g/mol. The van der Waals surface area contributed by atoms with Gasteiger partial charge in [-0.25, -0.2) is 9.97 Å². The van der Waals surface area contributed by atoms with Crippen LogP contribution in [0.4, 0.5) is 5.82 Å². The third kappa shape index (κ3) is 3.59. The topological polar surface area (TPSA) is 29.0 Å². The first kappa shape index (κ1) is 13.2. The first-order chi connectivity index (χ1) is 9.11. The Kier molecular flexibility index (Phi) is 3.66. The van der Waals surface area contributed by atoms with Crippen LogP contribution in [-0.2, 0) is 0 Å². The van der Waals surface area contributed by atoms with Crippen LogP contribution in [0, 0.1) is 11.8 Å². The Labute approximate surface area is 120 Å². The number of rotatable bonds is 6. The van der Waals surface area contributed by atoms with Gasteiger partial charge in [0.25, 0.3) is 0 Å². The van der Waals surface area contributed by atoms with E-state index in [1.54, 1.807) is 0 Å². The first-order valence-electron chi connectivity index (χ1n) is 7.41. The highest BCUT2D eigenvalue weighted by molar-refractivity contribution is 6.29. The van der Waals surface area contributed by atoms with E-state index in [9.17, 15) is 0 Å². The van der Waals surface area contributed by atoms with E-state index < -0.39 is 0 Å². The van der Waals surface area contributed by atoms with E-state index in [0.29, 0.717) is 11.1 Å². The molecule has 0 radical (unpaired) electrons. The molecule has 19 heavy (non-hydrogen) atoms. The molecule has 0 N–H and O–H groups in total. The molecule has 2 aliphatic rings. The minimum absolute atomic E-state index is 0.321. The Morgan fingerprint density at radius 1 is 1.16 bits per heavy atom. The first-order valence-corrected chi connectivity index (χ1v) is 7.79. The van der Waals surface area contributed by atoms with Crippen molar-refractivity contribution in [2.24, 2.45) is 11.8 Å². The van der Waals surface area contributed by atoms with Crippen molar-refractivity contribution in [3.63, 3.8) is 0 Å². The van der Waals surface area contributed by atoms with Gasteiger partial charge in [0.15, 0.2) is 0 Å². The predicted octanol–water partition coefficient (Wildman–Crippen LogP) is 3.88. The molecule has 2 aliphatic carbocycles. The Hall–Kier alpha value is -0.830. The molecule has 1 aromatic heterocycles. The zero-order valence-electron chi connectivity index (χ0n) is 11.8. The number of nitrogens with zero attached hydrogens (tertiary/aromatic N) is 3. The number of hydrogen-bond acceptors (Lipinski definition) is 3. The predicted molar refractivity (Wildman–Crippen MR) is 78.8 cm³/mol. The summed E-state index contributed by atoms with van der Waals surface area (Å²) in [6, 6.07) is 1.93. The molecule has 0 spiro atoms. The molecule has 1 heterocycles. The van der Waals surface area contributed by atoms with Crippen molar-refractivity contribution in [3.8, 4) is 0 Å². The van der Waals surface area contributed by atoms with Crippen LogP contribution < -0.4 is 4.90 Å². The van der Waals surface area contributed by atoms with Crippen LogP contribution in [-0.4, -0.2) is 23.1 Å². The zero-order chi connectivity index (χ0) is 13.4. The quantitative estimate of drug-likeness (QED) is 0.740. The lowest BCUT2D eigenvalue weighted by Crippen LogP contribution is -2.29. The molecule has 0 aromatic carbocycles. The summed E-state index contributed by atoms with van der Waals surface area (Å²) in [5.41, 5.74) is 0. The van der Waals surface area contributed by atoms with Crippen molar-refractivity contribution in [1.29, 1.82) is 0 Å². The summed E-state index contributed by atoms with van der Waals surface area (Å²) in [6.45, 7) is 6.51. The van der Waals surface area contributed by atoms with E-state index in [1.807, 2.05) is 6.07 Å². The maximum absolute atomic E-state index is 6.16. The molecule has 0 bridgehead atoms. The maximum atomic E-state index is 6.16. The van der Waals surface area contributed by atoms with Crippen molar-refractivity contribution >= 4 is 17.4 Å². The number of hydrogen-bond donors (Lipinski definition) is 0. The van der Waals surface area contributed by atoms with Crippen molar-refractivity contribution in [2.75, 3.05) is 18.0 Å². The SMILES string of the molecule is CC(C)c1nc(Cl)cc(N(CC2CC2)CC2CC2)n1. The molecular formula is C15H22ClN3. The van der Waals surface area contributed by atoms with Gasteiger partial charge in [-0.3, -0.25) is 0 Å². The van der Waals surface area contributed by atoms with Crippen molar-refractivity contribution in [3.05, 3.63) is 17.0 Å². The molecule has 0 atom stereocenters. The van der Waals surface area contributed by atoms with Crippen molar-refractivity contribution < 1.29 is 0 Å². The standard InChI is InChI=1S/C15H22ClN3/c1-10(2)15-17-13(16)7-14(18-15)19(8-11-3-4-11)9-12-5-6-12/h7,10-12H,3-6,8-9H2,1-2H3. The van der Waals surface area contributed by atoms with Crippen LogP contribution in [0.25, 0.3) is 0 Å². The van der Waals surface area contributed by atoms with Crippen LogP contribution in [0.5, 0.6) is 0 Å². The van der Waals surface area contributed by atoms with Gasteiger partial charge in [0.05, 0.1) is 0 Å². The van der Waals surface area contributed by atoms with Crippen molar-refractivity contribution in [1.82, 2.24) is 9.97 Å². The molecule has 0 aliphatic heterocycles. The van der Waals surface area contributed by atoms with Gasteiger partial charge in [0.2, 0.25) is 0 Å². The van der Waals surface area contributed by atoms with Crippen LogP contribution in [0.15, 0.2) is 6.07 Å². The van der Waals surface area contributed by atoms with Crippen LogP contribution >= 0.6 is 11.6 Å². The average Bonchev–Trinajstić information content (AvgIpc) is 3.22. The number of anilines is 1. The Bertz CT molecular complexity index is 439. The third-order valence-corrected chi connectivity index (χ3v) is 4.08. The summed E-state index contributed by atoms with van der Waals surface area (Å²) in [7, 11) is 0. The normalized spacial score (nSPS) is 18.9. The molecule has 0 unspecified atom stereocenters. The molecule has 0 saturated heterocycles. The van der Waals surface area contributed by atoms with E-state index in [0.717, 1.165) is 36.6 Å². The second-order valence-corrected chi connectivity index (χ2v) is 6.74. The van der Waals surface area contributed by atoms with E-state index in [-0.39, 0.29) is 0 Å². The number of aromatic nitrogens is 2. The second-order valence-electron chi connectivity index (χ2n) is 6.35. The Balaban J connectivity index is 1.82. The summed E-state index contributed by atoms with van der Waals surface area (Å²) in [6.07, 6.45) is 5.49. The minimum atomic E-state index is 0.321. The van der Waals surface area contributed by atoms with E-state index in [2.05, 4.69) is 23.7 Å².